The molecule has 0 bridgehead atoms. The largest absolute Gasteiger partial charge is 0.367 e. The molecule has 0 aliphatic carbocycles. The van der Waals surface area contributed by atoms with Crippen LogP contribution < -0.4 is 4.90 Å². The van der Waals surface area contributed by atoms with E-state index >= 15 is 0 Å². The Morgan fingerprint density at radius 3 is 2.33 bits per heavy atom. The Morgan fingerprint density at radius 2 is 1.67 bits per heavy atom. The molecule has 92 valence electrons. The maximum Gasteiger partial charge on any atom is 0.0435 e. The SMILES string of the molecule is C=Cc1ccccc1CN(CC)c1ccccc1. The molecule has 0 aliphatic heterocycles. The molecule has 1 nitrogen and oxygen atoms in total. The van der Waals surface area contributed by atoms with Crippen LogP contribution in [0.25, 0.3) is 6.08 Å². The Balaban J connectivity index is 2.23. The summed E-state index contributed by atoms with van der Waals surface area (Å²) in [6.45, 7) is 7.98. The zero-order valence-electron chi connectivity index (χ0n) is 10.8. The van der Waals surface area contributed by atoms with Crippen LogP contribution >= 0.6 is 0 Å². The first-order chi connectivity index (χ1) is 8.85. The second-order valence-corrected chi connectivity index (χ2v) is 4.25. The standard InChI is InChI=1S/C17H19N/c1-3-15-10-8-9-11-16(15)14-18(4-2)17-12-6-5-7-13-17/h3,5-13H,1,4,14H2,2H3. The molecule has 0 aromatic heterocycles. The molecule has 2 aromatic carbocycles. The lowest BCUT2D eigenvalue weighted by atomic mass is 10.1. The Hall–Kier alpha value is -2.02. The molecule has 0 saturated carbocycles. The molecule has 2 aromatic rings. The molecule has 0 N–H and O–H groups in total. The number of benzene rings is 2. The Labute approximate surface area is 109 Å². The lowest BCUT2D eigenvalue weighted by Gasteiger charge is -2.24. The van der Waals surface area contributed by atoms with Gasteiger partial charge in [0.15, 0.2) is 0 Å². The van der Waals surface area contributed by atoms with Crippen molar-refractivity contribution in [3.05, 3.63) is 72.3 Å². The van der Waals surface area contributed by atoms with Crippen molar-refractivity contribution in [3.63, 3.8) is 0 Å². The Morgan fingerprint density at radius 1 is 1.00 bits per heavy atom. The molecule has 0 radical (unpaired) electrons. The molecule has 18 heavy (non-hydrogen) atoms. The fourth-order valence-corrected chi connectivity index (χ4v) is 2.11. The number of rotatable bonds is 5. The first kappa shape index (κ1) is 12.4. The lowest BCUT2D eigenvalue weighted by Crippen LogP contribution is -2.22. The second-order valence-electron chi connectivity index (χ2n) is 4.25. The highest BCUT2D eigenvalue weighted by atomic mass is 15.1. The van der Waals surface area contributed by atoms with Crippen LogP contribution in [-0.2, 0) is 6.54 Å². The maximum atomic E-state index is 3.88. The zero-order valence-corrected chi connectivity index (χ0v) is 10.8. The van der Waals surface area contributed by atoms with Gasteiger partial charge in [0, 0.05) is 18.8 Å². The van der Waals surface area contributed by atoms with Gasteiger partial charge in [0.05, 0.1) is 0 Å². The van der Waals surface area contributed by atoms with Crippen LogP contribution in [0.2, 0.25) is 0 Å². The van der Waals surface area contributed by atoms with Gasteiger partial charge >= 0.3 is 0 Å². The predicted octanol–water partition coefficient (Wildman–Crippen LogP) is 4.36. The topological polar surface area (TPSA) is 3.24 Å². The minimum atomic E-state index is 0.919. The third kappa shape index (κ3) is 2.80. The fourth-order valence-electron chi connectivity index (χ4n) is 2.11. The van der Waals surface area contributed by atoms with Crippen molar-refractivity contribution in [1.82, 2.24) is 0 Å². The zero-order chi connectivity index (χ0) is 12.8. The van der Waals surface area contributed by atoms with E-state index in [1.54, 1.807) is 0 Å². The van der Waals surface area contributed by atoms with Gasteiger partial charge < -0.3 is 4.90 Å². The van der Waals surface area contributed by atoms with Crippen LogP contribution in [0.3, 0.4) is 0 Å². The van der Waals surface area contributed by atoms with Gasteiger partial charge in [-0.25, -0.2) is 0 Å². The van der Waals surface area contributed by atoms with Gasteiger partial charge in [-0.1, -0.05) is 55.1 Å². The average Bonchev–Trinajstić information content (AvgIpc) is 2.46. The molecule has 0 spiro atoms. The summed E-state index contributed by atoms with van der Waals surface area (Å²) in [5.41, 5.74) is 3.80. The highest BCUT2D eigenvalue weighted by molar-refractivity contribution is 5.54. The van der Waals surface area contributed by atoms with Crippen molar-refractivity contribution in [3.8, 4) is 0 Å². The van der Waals surface area contributed by atoms with E-state index in [0.29, 0.717) is 0 Å². The van der Waals surface area contributed by atoms with Crippen LogP contribution in [0.5, 0.6) is 0 Å². The van der Waals surface area contributed by atoms with Gasteiger partial charge in [-0.15, -0.1) is 0 Å². The third-order valence-corrected chi connectivity index (χ3v) is 3.14. The van der Waals surface area contributed by atoms with Crippen molar-refractivity contribution in [2.45, 2.75) is 13.5 Å². The van der Waals surface area contributed by atoms with Crippen molar-refractivity contribution in [2.24, 2.45) is 0 Å². The predicted molar refractivity (Wildman–Crippen MR) is 79.7 cm³/mol. The van der Waals surface area contributed by atoms with E-state index in [1.165, 1.54) is 16.8 Å². The van der Waals surface area contributed by atoms with Crippen LogP contribution in [0.4, 0.5) is 5.69 Å². The summed E-state index contributed by atoms with van der Waals surface area (Å²) in [6, 6.07) is 18.9. The Kier molecular flexibility index (Phi) is 4.19. The van der Waals surface area contributed by atoms with Crippen molar-refractivity contribution in [2.75, 3.05) is 11.4 Å². The van der Waals surface area contributed by atoms with Crippen LogP contribution in [0.15, 0.2) is 61.2 Å². The maximum absolute atomic E-state index is 3.88. The summed E-state index contributed by atoms with van der Waals surface area (Å²) in [7, 11) is 0. The van der Waals surface area contributed by atoms with Gasteiger partial charge in [-0.05, 0) is 30.2 Å². The van der Waals surface area contributed by atoms with Gasteiger partial charge in [0.1, 0.15) is 0 Å². The molecule has 0 aliphatic rings. The smallest absolute Gasteiger partial charge is 0.0435 e. The summed E-state index contributed by atoms with van der Waals surface area (Å²) in [5, 5.41) is 0. The van der Waals surface area contributed by atoms with E-state index in [2.05, 4.69) is 73.0 Å². The van der Waals surface area contributed by atoms with E-state index in [0.717, 1.165) is 13.1 Å². The molecule has 0 saturated heterocycles. The number of anilines is 1. The highest BCUT2D eigenvalue weighted by Gasteiger charge is 2.06. The molecule has 0 unspecified atom stereocenters. The van der Waals surface area contributed by atoms with Crippen molar-refractivity contribution in [1.29, 1.82) is 0 Å². The molecule has 1 heteroatoms. The summed E-state index contributed by atoms with van der Waals surface area (Å²) in [6.07, 6.45) is 1.92. The summed E-state index contributed by atoms with van der Waals surface area (Å²) < 4.78 is 0. The third-order valence-electron chi connectivity index (χ3n) is 3.14. The first-order valence-electron chi connectivity index (χ1n) is 6.35. The fraction of sp³-hybridized carbons (Fsp3) is 0.176. The quantitative estimate of drug-likeness (QED) is 0.747. The minimum Gasteiger partial charge on any atom is -0.367 e. The van der Waals surface area contributed by atoms with Gasteiger partial charge in [0.2, 0.25) is 0 Å². The van der Waals surface area contributed by atoms with E-state index in [4.69, 9.17) is 0 Å². The number of nitrogens with zero attached hydrogens (tertiary/aromatic N) is 1. The summed E-state index contributed by atoms with van der Waals surface area (Å²) in [5.74, 6) is 0. The molecular formula is C17H19N. The normalized spacial score (nSPS) is 10.1. The molecule has 2 rings (SSSR count). The van der Waals surface area contributed by atoms with Crippen LogP contribution in [0.1, 0.15) is 18.1 Å². The lowest BCUT2D eigenvalue weighted by molar-refractivity contribution is 0.831. The van der Waals surface area contributed by atoms with Crippen LogP contribution in [-0.4, -0.2) is 6.54 Å². The Bertz CT molecular complexity index is 502. The van der Waals surface area contributed by atoms with Crippen LogP contribution in [0, 0.1) is 0 Å². The first-order valence-corrected chi connectivity index (χ1v) is 6.35. The van der Waals surface area contributed by atoms with Gasteiger partial charge in [0.25, 0.3) is 0 Å². The highest BCUT2D eigenvalue weighted by Crippen LogP contribution is 2.19. The molecular weight excluding hydrogens is 218 g/mol. The van der Waals surface area contributed by atoms with Crippen molar-refractivity contribution < 1.29 is 0 Å². The molecule has 0 amide bonds. The minimum absolute atomic E-state index is 0.919. The number of para-hydroxylation sites is 1. The molecule has 0 atom stereocenters. The van der Waals surface area contributed by atoms with E-state index in [1.807, 2.05) is 6.08 Å². The molecule has 0 fully saturated rings. The van der Waals surface area contributed by atoms with Gasteiger partial charge in [-0.2, -0.15) is 0 Å². The monoisotopic (exact) mass is 237 g/mol. The second kappa shape index (κ2) is 6.06. The average molecular weight is 237 g/mol. The van der Waals surface area contributed by atoms with E-state index < -0.39 is 0 Å². The summed E-state index contributed by atoms with van der Waals surface area (Å²) in [4.78, 5) is 2.36. The van der Waals surface area contributed by atoms with E-state index in [-0.39, 0.29) is 0 Å². The molecule has 0 heterocycles. The van der Waals surface area contributed by atoms with E-state index in [9.17, 15) is 0 Å². The number of hydrogen-bond acceptors (Lipinski definition) is 1. The summed E-state index contributed by atoms with van der Waals surface area (Å²) >= 11 is 0. The number of hydrogen-bond donors (Lipinski definition) is 0. The van der Waals surface area contributed by atoms with Crippen molar-refractivity contribution >= 4 is 11.8 Å². The van der Waals surface area contributed by atoms with Gasteiger partial charge in [-0.3, -0.25) is 0 Å².